The van der Waals surface area contributed by atoms with Crippen molar-refractivity contribution >= 4 is 35.8 Å². The molecule has 1 fully saturated rings. The zero-order chi connectivity index (χ0) is 14.8. The molecule has 3 rings (SSSR count). The first-order valence-electron chi connectivity index (χ1n) is 7.37. The first-order chi connectivity index (χ1) is 10.2. The molecule has 0 radical (unpaired) electrons. The Bertz CT molecular complexity index is 638. The average molecular weight is 368 g/mol. The molecule has 23 heavy (non-hydrogen) atoms. The van der Waals surface area contributed by atoms with Gasteiger partial charge in [-0.15, -0.1) is 24.8 Å². The number of aryl methyl sites for hydroxylation is 1. The first kappa shape index (κ1) is 20.1. The van der Waals surface area contributed by atoms with Gasteiger partial charge >= 0.3 is 0 Å². The number of aromatic nitrogens is 2. The highest BCUT2D eigenvalue weighted by Crippen LogP contribution is 2.20. The molecule has 0 amide bonds. The summed E-state index contributed by atoms with van der Waals surface area (Å²) in [7, 11) is 0. The molecule has 130 valence electrons. The van der Waals surface area contributed by atoms with E-state index in [1.165, 1.54) is 12.4 Å². The van der Waals surface area contributed by atoms with Gasteiger partial charge in [0.25, 0.3) is 0 Å². The Kier molecular flexibility index (Phi) is 7.67. The lowest BCUT2D eigenvalue weighted by Crippen LogP contribution is -2.44. The topological polar surface area (TPSA) is 50.1 Å². The highest BCUT2D eigenvalue weighted by atomic mass is 35.5. The van der Waals surface area contributed by atoms with E-state index >= 15 is 0 Å². The summed E-state index contributed by atoms with van der Waals surface area (Å²) in [5, 5.41) is 13.2. The molecule has 4 nitrogen and oxygen atoms in total. The largest absolute Gasteiger partial charge is 0.392 e. The van der Waals surface area contributed by atoms with Crippen LogP contribution in [-0.4, -0.2) is 33.3 Å². The minimum Gasteiger partial charge on any atom is -0.392 e. The third-order valence-electron chi connectivity index (χ3n) is 4.13. The molecular weight excluding hydrogens is 347 g/mol. The van der Waals surface area contributed by atoms with E-state index in [-0.39, 0.29) is 42.5 Å². The predicted octanol–water partition coefficient (Wildman–Crippen LogP) is 3.05. The number of piperidine rings is 1. The number of hydrogen-bond acceptors (Lipinski definition) is 3. The summed E-state index contributed by atoms with van der Waals surface area (Å²) in [6.07, 6.45) is 4.62. The van der Waals surface area contributed by atoms with Gasteiger partial charge in [0.2, 0.25) is 0 Å². The summed E-state index contributed by atoms with van der Waals surface area (Å²) in [4.78, 5) is 4.09. The molecule has 1 saturated heterocycles. The summed E-state index contributed by atoms with van der Waals surface area (Å²) in [5.41, 5.74) is 0.678. The number of aliphatic hydroxyl groups is 1. The lowest BCUT2D eigenvalue weighted by molar-refractivity contribution is 0.0909. The van der Waals surface area contributed by atoms with Gasteiger partial charge in [-0.25, -0.2) is 13.8 Å². The second kappa shape index (κ2) is 8.78. The third-order valence-corrected chi connectivity index (χ3v) is 4.13. The van der Waals surface area contributed by atoms with Crippen molar-refractivity contribution < 1.29 is 13.9 Å². The van der Waals surface area contributed by atoms with Crippen LogP contribution in [0.4, 0.5) is 8.78 Å². The fourth-order valence-electron chi connectivity index (χ4n) is 2.98. The highest BCUT2D eigenvalue weighted by Gasteiger charge is 2.22. The molecule has 2 heterocycles. The van der Waals surface area contributed by atoms with E-state index in [0.29, 0.717) is 12.1 Å². The van der Waals surface area contributed by atoms with Gasteiger partial charge in [0.1, 0.15) is 5.52 Å². The van der Waals surface area contributed by atoms with Crippen LogP contribution in [0.2, 0.25) is 0 Å². The number of hydrogen-bond donors (Lipinski definition) is 2. The highest BCUT2D eigenvalue weighted by molar-refractivity contribution is 5.85. The number of imidazole rings is 1. The van der Waals surface area contributed by atoms with Gasteiger partial charge in [-0.3, -0.25) is 0 Å². The summed E-state index contributed by atoms with van der Waals surface area (Å²) >= 11 is 0. The number of rotatable bonds is 4. The van der Waals surface area contributed by atoms with Gasteiger partial charge in [0.05, 0.1) is 17.9 Å². The van der Waals surface area contributed by atoms with Crippen LogP contribution in [0.25, 0.3) is 11.0 Å². The number of nitrogens with one attached hydrogen (secondary N) is 1. The smallest absolute Gasteiger partial charge is 0.184 e. The number of benzene rings is 1. The SMILES string of the molecule is Cl.Cl.O[C@H]1CCCN[C@@H]1CCCn1cnc2ccc(F)c(F)c21. The maximum atomic E-state index is 13.8. The standard InChI is InChI=1S/C15H19F2N3O.2ClH/c16-10-5-6-12-15(14(10)17)20(9-19-12)8-2-3-11-13(21)4-1-7-18-11;;/h5-6,9,11,13,18,21H,1-4,7-8H2;2*1H/t11-,13+;;/m1../s1. The van der Waals surface area contributed by atoms with Crippen molar-refractivity contribution in [3.05, 3.63) is 30.1 Å². The molecular formula is C15H21Cl2F2N3O. The van der Waals surface area contributed by atoms with Crippen LogP contribution in [0.15, 0.2) is 18.5 Å². The molecule has 1 aliphatic heterocycles. The molecule has 1 aromatic heterocycles. The van der Waals surface area contributed by atoms with E-state index < -0.39 is 11.6 Å². The van der Waals surface area contributed by atoms with Crippen molar-refractivity contribution in [2.45, 2.75) is 44.4 Å². The third kappa shape index (κ3) is 4.32. The molecule has 0 bridgehead atoms. The van der Waals surface area contributed by atoms with E-state index in [0.717, 1.165) is 38.3 Å². The Balaban J connectivity index is 0.00000132. The Morgan fingerprint density at radius 2 is 2.09 bits per heavy atom. The lowest BCUT2D eigenvalue weighted by atomic mass is 9.97. The minimum atomic E-state index is -0.853. The second-order valence-electron chi connectivity index (χ2n) is 5.58. The molecule has 0 unspecified atom stereocenters. The monoisotopic (exact) mass is 367 g/mol. The summed E-state index contributed by atoms with van der Waals surface area (Å²) in [6.45, 7) is 1.48. The van der Waals surface area contributed by atoms with Gasteiger partial charge in [-0.2, -0.15) is 0 Å². The van der Waals surface area contributed by atoms with Gasteiger partial charge in [-0.1, -0.05) is 0 Å². The van der Waals surface area contributed by atoms with Crippen LogP contribution in [0, 0.1) is 11.6 Å². The minimum absolute atomic E-state index is 0. The summed E-state index contributed by atoms with van der Waals surface area (Å²) in [6, 6.07) is 2.67. The van der Waals surface area contributed by atoms with Gasteiger partial charge in [-0.05, 0) is 44.4 Å². The van der Waals surface area contributed by atoms with E-state index in [1.807, 2.05) is 0 Å². The molecule has 0 aliphatic carbocycles. The summed E-state index contributed by atoms with van der Waals surface area (Å²) < 4.78 is 28.8. The maximum Gasteiger partial charge on any atom is 0.184 e. The molecule has 2 aromatic rings. The normalized spacial score (nSPS) is 20.8. The molecule has 8 heteroatoms. The van der Waals surface area contributed by atoms with Crippen LogP contribution in [0.5, 0.6) is 0 Å². The molecule has 1 aliphatic rings. The first-order valence-corrected chi connectivity index (χ1v) is 7.37. The predicted molar refractivity (Wildman–Crippen MR) is 90.4 cm³/mol. The Labute approximate surface area is 146 Å². The Morgan fingerprint density at radius 3 is 2.83 bits per heavy atom. The molecule has 0 saturated carbocycles. The molecule has 0 spiro atoms. The van der Waals surface area contributed by atoms with Gasteiger partial charge in [0.15, 0.2) is 11.6 Å². The molecule has 2 N–H and O–H groups in total. The van der Waals surface area contributed by atoms with Crippen LogP contribution >= 0.6 is 24.8 Å². The van der Waals surface area contributed by atoms with Gasteiger partial charge in [0, 0.05) is 12.6 Å². The van der Waals surface area contributed by atoms with Crippen LogP contribution in [-0.2, 0) is 6.54 Å². The Hall–Kier alpha value is -0.950. The van der Waals surface area contributed by atoms with E-state index in [4.69, 9.17) is 0 Å². The number of halogens is 4. The maximum absolute atomic E-state index is 13.8. The zero-order valence-corrected chi connectivity index (χ0v) is 14.2. The van der Waals surface area contributed by atoms with E-state index in [2.05, 4.69) is 10.3 Å². The fourth-order valence-corrected chi connectivity index (χ4v) is 2.98. The average Bonchev–Trinajstić information content (AvgIpc) is 2.89. The van der Waals surface area contributed by atoms with Crippen molar-refractivity contribution in [1.82, 2.24) is 14.9 Å². The van der Waals surface area contributed by atoms with E-state index in [1.54, 1.807) is 4.57 Å². The molecule has 2 atom stereocenters. The van der Waals surface area contributed by atoms with Crippen LogP contribution in [0.1, 0.15) is 25.7 Å². The van der Waals surface area contributed by atoms with Crippen LogP contribution < -0.4 is 5.32 Å². The molecule has 1 aromatic carbocycles. The van der Waals surface area contributed by atoms with Crippen molar-refractivity contribution in [3.63, 3.8) is 0 Å². The Morgan fingerprint density at radius 1 is 1.30 bits per heavy atom. The number of fused-ring (bicyclic) bond motifs is 1. The van der Waals surface area contributed by atoms with Crippen molar-refractivity contribution in [1.29, 1.82) is 0 Å². The van der Waals surface area contributed by atoms with E-state index in [9.17, 15) is 13.9 Å². The van der Waals surface area contributed by atoms with Crippen LogP contribution in [0.3, 0.4) is 0 Å². The lowest BCUT2D eigenvalue weighted by Gasteiger charge is -2.29. The van der Waals surface area contributed by atoms with Crippen molar-refractivity contribution in [2.75, 3.05) is 6.54 Å². The number of aliphatic hydroxyl groups excluding tert-OH is 1. The zero-order valence-electron chi connectivity index (χ0n) is 12.5. The fraction of sp³-hybridized carbons (Fsp3) is 0.533. The van der Waals surface area contributed by atoms with Crippen molar-refractivity contribution in [3.8, 4) is 0 Å². The van der Waals surface area contributed by atoms with Crippen molar-refractivity contribution in [2.24, 2.45) is 0 Å². The number of nitrogens with zero attached hydrogens (tertiary/aromatic N) is 2. The second-order valence-corrected chi connectivity index (χ2v) is 5.58. The van der Waals surface area contributed by atoms with Gasteiger partial charge < -0.3 is 15.0 Å². The summed E-state index contributed by atoms with van der Waals surface area (Å²) in [5.74, 6) is -1.70. The quantitative estimate of drug-likeness (QED) is 0.872.